The Labute approximate surface area is 202 Å². The molecule has 1 heterocycles. The summed E-state index contributed by atoms with van der Waals surface area (Å²) in [6, 6.07) is 25.9. The molecule has 0 spiro atoms. The topological polar surface area (TPSA) is 84.9 Å². The first-order chi connectivity index (χ1) is 16.6. The zero-order valence-electron chi connectivity index (χ0n) is 18.9. The van der Waals surface area contributed by atoms with E-state index in [-0.39, 0.29) is 12.8 Å². The van der Waals surface area contributed by atoms with Gasteiger partial charge in [0.05, 0.1) is 17.4 Å². The van der Waals surface area contributed by atoms with Crippen LogP contribution in [0.1, 0.15) is 24.8 Å². The van der Waals surface area contributed by atoms with Crippen molar-refractivity contribution in [3.8, 4) is 16.9 Å². The number of hydroxylamine groups is 1. The Balaban J connectivity index is 1.28. The maximum absolute atomic E-state index is 13.2. The van der Waals surface area contributed by atoms with E-state index in [9.17, 15) is 9.00 Å². The predicted octanol–water partition coefficient (Wildman–Crippen LogP) is 4.53. The van der Waals surface area contributed by atoms with Crippen LogP contribution in [0.3, 0.4) is 0 Å². The highest BCUT2D eigenvalue weighted by Crippen LogP contribution is 2.32. The molecular formula is C27H29NO5S. The molecule has 7 heteroatoms. The summed E-state index contributed by atoms with van der Waals surface area (Å²) in [6.45, 7) is 1.22. The summed E-state index contributed by atoms with van der Waals surface area (Å²) >= 11 is 0. The minimum Gasteiger partial charge on any atom is -0.494 e. The van der Waals surface area contributed by atoms with Crippen molar-refractivity contribution in [2.45, 2.75) is 35.3 Å². The van der Waals surface area contributed by atoms with E-state index in [0.29, 0.717) is 30.5 Å². The largest absolute Gasteiger partial charge is 0.494 e. The van der Waals surface area contributed by atoms with Crippen LogP contribution in [0.4, 0.5) is 0 Å². The van der Waals surface area contributed by atoms with Crippen molar-refractivity contribution in [2.24, 2.45) is 0 Å². The molecule has 1 atom stereocenters. The number of nitrogens with one attached hydrogen (secondary N) is 1. The van der Waals surface area contributed by atoms with Crippen molar-refractivity contribution in [3.63, 3.8) is 0 Å². The van der Waals surface area contributed by atoms with Gasteiger partial charge in [0.15, 0.2) is 0 Å². The molecule has 0 saturated carbocycles. The van der Waals surface area contributed by atoms with E-state index in [0.717, 1.165) is 12.8 Å². The third-order valence-electron chi connectivity index (χ3n) is 6.15. The maximum atomic E-state index is 13.2. The number of carbonyl (C=O) groups is 1. The number of benzene rings is 3. The molecule has 34 heavy (non-hydrogen) atoms. The van der Waals surface area contributed by atoms with Gasteiger partial charge in [0.2, 0.25) is 0 Å². The molecule has 1 fully saturated rings. The molecule has 0 bridgehead atoms. The molecule has 0 aromatic heterocycles. The molecule has 0 aliphatic carbocycles. The van der Waals surface area contributed by atoms with Crippen molar-refractivity contribution < 1.29 is 23.7 Å². The van der Waals surface area contributed by atoms with Crippen molar-refractivity contribution >= 4 is 16.7 Å². The number of aryl methyl sites for hydroxylation is 1. The van der Waals surface area contributed by atoms with Gasteiger partial charge in [-0.25, -0.2) is 5.48 Å². The number of hydrogen-bond donors (Lipinski definition) is 2. The van der Waals surface area contributed by atoms with Crippen molar-refractivity contribution in [3.05, 3.63) is 84.4 Å². The normalized spacial score (nSPS) is 15.9. The highest BCUT2D eigenvalue weighted by atomic mass is 32.2. The number of rotatable bonds is 9. The zero-order valence-corrected chi connectivity index (χ0v) is 19.8. The molecule has 3 aromatic carbocycles. The molecule has 1 unspecified atom stereocenters. The third-order valence-corrected chi connectivity index (χ3v) is 8.15. The fraction of sp³-hybridized carbons (Fsp3) is 0.296. The summed E-state index contributed by atoms with van der Waals surface area (Å²) in [5, 5.41) is 9.17. The Hall–Kier alpha value is -3.00. The molecular weight excluding hydrogens is 450 g/mol. The molecule has 178 valence electrons. The second-order valence-electron chi connectivity index (χ2n) is 8.30. The van der Waals surface area contributed by atoms with E-state index >= 15 is 0 Å². The fourth-order valence-electron chi connectivity index (χ4n) is 4.15. The average molecular weight is 480 g/mol. The minimum atomic E-state index is -1.62. The fourth-order valence-corrected chi connectivity index (χ4v) is 5.73. The highest BCUT2D eigenvalue weighted by Gasteiger charge is 2.46. The molecule has 1 aliphatic heterocycles. The minimum absolute atomic E-state index is 0.288. The average Bonchev–Trinajstić information content (AvgIpc) is 2.92. The van der Waals surface area contributed by atoms with Gasteiger partial charge in [-0.15, -0.1) is 0 Å². The standard InChI is InChI=1S/C27H29NO5S/c29-26(28-30)27(16-19-32-20-17-27)34(31)25-14-12-24(13-15-25)33-18-4-5-21-8-10-23(11-9-21)22-6-2-1-3-7-22/h1-3,6-15,30H,4-5,16-20H2,(H,28,29). The Morgan fingerprint density at radius 2 is 1.59 bits per heavy atom. The van der Waals surface area contributed by atoms with E-state index in [1.54, 1.807) is 29.7 Å². The van der Waals surface area contributed by atoms with Gasteiger partial charge in [-0.05, 0) is 66.6 Å². The Morgan fingerprint density at radius 3 is 2.24 bits per heavy atom. The van der Waals surface area contributed by atoms with Gasteiger partial charge >= 0.3 is 0 Å². The summed E-state index contributed by atoms with van der Waals surface area (Å²) in [6.07, 6.45) is 2.36. The molecule has 1 aliphatic rings. The lowest BCUT2D eigenvalue weighted by Gasteiger charge is -2.33. The lowest BCUT2D eigenvalue weighted by Crippen LogP contribution is -2.52. The van der Waals surface area contributed by atoms with E-state index < -0.39 is 21.5 Å². The van der Waals surface area contributed by atoms with E-state index in [2.05, 4.69) is 36.4 Å². The second-order valence-corrected chi connectivity index (χ2v) is 10.1. The summed E-state index contributed by atoms with van der Waals surface area (Å²) < 4.78 is 23.2. The lowest BCUT2D eigenvalue weighted by atomic mass is 9.98. The first-order valence-corrected chi connectivity index (χ1v) is 12.6. The predicted molar refractivity (Wildman–Crippen MR) is 131 cm³/mol. The Morgan fingerprint density at radius 1 is 0.941 bits per heavy atom. The van der Waals surface area contributed by atoms with E-state index in [1.807, 2.05) is 18.2 Å². The van der Waals surface area contributed by atoms with Crippen LogP contribution in [-0.4, -0.2) is 39.9 Å². The SMILES string of the molecule is O=C(NO)C1(S(=O)c2ccc(OCCCc3ccc(-c4ccccc4)cc3)cc2)CCOCC1. The van der Waals surface area contributed by atoms with Crippen LogP contribution in [0.25, 0.3) is 11.1 Å². The van der Waals surface area contributed by atoms with Crippen LogP contribution in [0, 0.1) is 0 Å². The van der Waals surface area contributed by atoms with Crippen LogP contribution in [0.15, 0.2) is 83.8 Å². The zero-order chi connectivity index (χ0) is 23.8. The maximum Gasteiger partial charge on any atom is 0.262 e. The van der Waals surface area contributed by atoms with Crippen LogP contribution in [-0.2, 0) is 26.8 Å². The van der Waals surface area contributed by atoms with Gasteiger partial charge in [-0.2, -0.15) is 0 Å². The van der Waals surface area contributed by atoms with Crippen molar-refractivity contribution in [1.29, 1.82) is 0 Å². The van der Waals surface area contributed by atoms with Crippen LogP contribution in [0.5, 0.6) is 5.75 Å². The molecule has 1 amide bonds. The quantitative estimate of drug-likeness (QED) is 0.268. The first-order valence-electron chi connectivity index (χ1n) is 11.4. The third kappa shape index (κ3) is 5.55. The van der Waals surface area contributed by atoms with Gasteiger partial charge in [-0.1, -0.05) is 54.6 Å². The van der Waals surface area contributed by atoms with E-state index in [1.165, 1.54) is 16.7 Å². The second kappa shape index (κ2) is 11.4. The summed E-state index contributed by atoms with van der Waals surface area (Å²) in [7, 11) is -1.62. The smallest absolute Gasteiger partial charge is 0.262 e. The van der Waals surface area contributed by atoms with Gasteiger partial charge < -0.3 is 9.47 Å². The van der Waals surface area contributed by atoms with Gasteiger partial charge in [0.1, 0.15) is 10.5 Å². The monoisotopic (exact) mass is 479 g/mol. The molecule has 4 rings (SSSR count). The molecule has 6 nitrogen and oxygen atoms in total. The van der Waals surface area contributed by atoms with Crippen molar-refractivity contribution in [1.82, 2.24) is 5.48 Å². The summed E-state index contributed by atoms with van der Waals surface area (Å²) in [4.78, 5) is 12.8. The number of carbonyl (C=O) groups excluding carboxylic acids is 1. The Kier molecular flexibility index (Phi) is 8.11. The molecule has 2 N–H and O–H groups in total. The van der Waals surface area contributed by atoms with Gasteiger partial charge in [0, 0.05) is 18.1 Å². The van der Waals surface area contributed by atoms with Gasteiger partial charge in [0.25, 0.3) is 5.91 Å². The number of ether oxygens (including phenoxy) is 2. The number of hydrogen-bond acceptors (Lipinski definition) is 5. The highest BCUT2D eigenvalue weighted by molar-refractivity contribution is 7.87. The van der Waals surface area contributed by atoms with Crippen LogP contribution < -0.4 is 10.2 Å². The number of amides is 1. The Bertz CT molecular complexity index is 1090. The van der Waals surface area contributed by atoms with Gasteiger partial charge in [-0.3, -0.25) is 14.2 Å². The van der Waals surface area contributed by atoms with Crippen LogP contribution >= 0.6 is 0 Å². The molecule has 3 aromatic rings. The first kappa shape index (κ1) is 24.1. The van der Waals surface area contributed by atoms with Crippen LogP contribution in [0.2, 0.25) is 0 Å². The summed E-state index contributed by atoms with van der Waals surface area (Å²) in [5.41, 5.74) is 5.36. The molecule has 0 radical (unpaired) electrons. The summed E-state index contributed by atoms with van der Waals surface area (Å²) in [5.74, 6) is 0.0547. The van der Waals surface area contributed by atoms with Crippen molar-refractivity contribution in [2.75, 3.05) is 19.8 Å². The van der Waals surface area contributed by atoms with E-state index in [4.69, 9.17) is 14.7 Å². The molecule has 1 saturated heterocycles. The lowest BCUT2D eigenvalue weighted by molar-refractivity contribution is -0.134.